The van der Waals surface area contributed by atoms with Crippen molar-refractivity contribution < 1.29 is 5.11 Å². The van der Waals surface area contributed by atoms with Gasteiger partial charge in [-0.05, 0) is 31.7 Å². The number of aliphatic hydroxyl groups is 1. The van der Waals surface area contributed by atoms with Crippen LogP contribution in [-0.2, 0) is 0 Å². The number of aliphatic hydroxyl groups excluding tert-OH is 1. The number of β-amino-alcohol motifs (C(OH)–C–C–N with tert-alkyl or cyclic N) is 1. The molecular weight excluding hydrogens is 230 g/mol. The van der Waals surface area contributed by atoms with Crippen LogP contribution in [0, 0.1) is 5.92 Å². The molecule has 3 heteroatoms. The van der Waals surface area contributed by atoms with Gasteiger partial charge < -0.3 is 5.11 Å². The van der Waals surface area contributed by atoms with Gasteiger partial charge in [0.25, 0.3) is 0 Å². The number of fused-ring (bicyclic) bond motifs is 1. The van der Waals surface area contributed by atoms with E-state index in [9.17, 15) is 5.11 Å². The Hall–Kier alpha value is 0.400. The number of hydrogen-bond acceptors (Lipinski definition) is 2. The van der Waals surface area contributed by atoms with Crippen molar-refractivity contribution in [3.8, 4) is 0 Å². The van der Waals surface area contributed by atoms with E-state index in [4.69, 9.17) is 0 Å². The number of nitrogens with zero attached hydrogens (tertiary/aromatic N) is 1. The molecule has 1 aliphatic carbocycles. The van der Waals surface area contributed by atoms with Crippen LogP contribution in [0.3, 0.4) is 0 Å². The fraction of sp³-hybridized carbons (Fsp3) is 1.00. The summed E-state index contributed by atoms with van der Waals surface area (Å²) in [6.45, 7) is 2.08. The Morgan fingerprint density at radius 2 is 2.23 bits per heavy atom. The van der Waals surface area contributed by atoms with E-state index in [-0.39, 0.29) is 6.10 Å². The van der Waals surface area contributed by atoms with Crippen LogP contribution in [0.2, 0.25) is 0 Å². The van der Waals surface area contributed by atoms with Gasteiger partial charge in [0.05, 0.1) is 6.10 Å². The summed E-state index contributed by atoms with van der Waals surface area (Å²) in [7, 11) is 0. The zero-order valence-electron chi connectivity index (χ0n) is 7.95. The Bertz CT molecular complexity index is 176. The fourth-order valence-electron chi connectivity index (χ4n) is 2.88. The molecule has 0 aromatic carbocycles. The van der Waals surface area contributed by atoms with Crippen molar-refractivity contribution >= 4 is 15.9 Å². The highest BCUT2D eigenvalue weighted by atomic mass is 79.9. The first-order valence-electron chi connectivity index (χ1n) is 5.29. The van der Waals surface area contributed by atoms with E-state index >= 15 is 0 Å². The average Bonchev–Trinajstić information content (AvgIpc) is 2.69. The van der Waals surface area contributed by atoms with Crippen LogP contribution in [0.25, 0.3) is 0 Å². The molecule has 0 aromatic rings. The highest BCUT2D eigenvalue weighted by Crippen LogP contribution is 2.37. The molecule has 3 atom stereocenters. The summed E-state index contributed by atoms with van der Waals surface area (Å²) in [5, 5.41) is 10.3. The largest absolute Gasteiger partial charge is 0.391 e. The first kappa shape index (κ1) is 9.94. The van der Waals surface area contributed by atoms with E-state index in [0.29, 0.717) is 5.33 Å². The summed E-state index contributed by atoms with van der Waals surface area (Å²) in [6, 6.07) is 0.800. The first-order valence-corrected chi connectivity index (χ1v) is 6.41. The maximum atomic E-state index is 9.55. The van der Waals surface area contributed by atoms with Crippen molar-refractivity contribution in [2.24, 2.45) is 5.92 Å². The van der Waals surface area contributed by atoms with E-state index in [1.807, 2.05) is 0 Å². The van der Waals surface area contributed by atoms with Crippen LogP contribution >= 0.6 is 15.9 Å². The van der Waals surface area contributed by atoms with Crippen LogP contribution in [0.15, 0.2) is 0 Å². The molecular formula is C10H18BrNO. The second kappa shape index (κ2) is 4.28. The lowest BCUT2D eigenvalue weighted by atomic mass is 10.0. The zero-order chi connectivity index (χ0) is 9.26. The minimum Gasteiger partial charge on any atom is -0.391 e. The second-order valence-electron chi connectivity index (χ2n) is 4.35. The van der Waals surface area contributed by atoms with Crippen molar-refractivity contribution in [1.29, 1.82) is 0 Å². The molecule has 0 spiro atoms. The Balaban J connectivity index is 1.86. The third-order valence-corrected chi connectivity index (χ3v) is 4.25. The van der Waals surface area contributed by atoms with Gasteiger partial charge in [0, 0.05) is 17.9 Å². The molecule has 2 rings (SSSR count). The van der Waals surface area contributed by atoms with Crippen LogP contribution in [0.1, 0.15) is 25.7 Å². The predicted octanol–water partition coefficient (Wildman–Crippen LogP) is 1.62. The number of rotatable bonds is 3. The zero-order valence-corrected chi connectivity index (χ0v) is 9.54. The minimum absolute atomic E-state index is 0.181. The minimum atomic E-state index is -0.181. The molecule has 3 unspecified atom stereocenters. The maximum absolute atomic E-state index is 9.55. The Morgan fingerprint density at radius 3 is 3.00 bits per heavy atom. The molecule has 2 nitrogen and oxygen atoms in total. The van der Waals surface area contributed by atoms with Crippen molar-refractivity contribution in [1.82, 2.24) is 4.90 Å². The molecule has 1 aliphatic heterocycles. The third kappa shape index (κ3) is 2.08. The van der Waals surface area contributed by atoms with Crippen LogP contribution in [-0.4, -0.2) is 40.6 Å². The summed E-state index contributed by atoms with van der Waals surface area (Å²) in [6.07, 6.45) is 5.36. The molecule has 0 aromatic heterocycles. The smallest absolute Gasteiger partial charge is 0.0763 e. The van der Waals surface area contributed by atoms with Crippen molar-refractivity contribution in [2.75, 3.05) is 18.4 Å². The molecule has 0 bridgehead atoms. The topological polar surface area (TPSA) is 23.5 Å². The molecule has 76 valence electrons. The highest BCUT2D eigenvalue weighted by molar-refractivity contribution is 9.09. The molecule has 2 fully saturated rings. The lowest BCUT2D eigenvalue weighted by Crippen LogP contribution is -2.37. The van der Waals surface area contributed by atoms with Crippen molar-refractivity contribution in [3.05, 3.63) is 0 Å². The number of alkyl halides is 1. The normalized spacial score (nSPS) is 36.5. The molecule has 0 radical (unpaired) electrons. The number of halogens is 1. The van der Waals surface area contributed by atoms with Gasteiger partial charge in [-0.25, -0.2) is 0 Å². The van der Waals surface area contributed by atoms with E-state index in [1.165, 1.54) is 32.2 Å². The predicted molar refractivity (Wildman–Crippen MR) is 57.1 cm³/mol. The van der Waals surface area contributed by atoms with E-state index in [2.05, 4.69) is 20.8 Å². The van der Waals surface area contributed by atoms with Crippen LogP contribution in [0.5, 0.6) is 0 Å². The van der Waals surface area contributed by atoms with Gasteiger partial charge in [-0.3, -0.25) is 4.90 Å². The summed E-state index contributed by atoms with van der Waals surface area (Å²) in [4.78, 5) is 2.49. The van der Waals surface area contributed by atoms with Gasteiger partial charge in [-0.1, -0.05) is 22.4 Å². The summed E-state index contributed by atoms with van der Waals surface area (Å²) in [5.41, 5.74) is 0. The van der Waals surface area contributed by atoms with E-state index in [1.54, 1.807) is 0 Å². The van der Waals surface area contributed by atoms with Gasteiger partial charge >= 0.3 is 0 Å². The van der Waals surface area contributed by atoms with Crippen molar-refractivity contribution in [2.45, 2.75) is 37.8 Å². The summed E-state index contributed by atoms with van der Waals surface area (Å²) in [5.74, 6) is 0.947. The lowest BCUT2D eigenvalue weighted by molar-refractivity contribution is 0.120. The molecule has 1 N–H and O–H groups in total. The average molecular weight is 248 g/mol. The fourth-order valence-corrected chi connectivity index (χ4v) is 3.08. The van der Waals surface area contributed by atoms with E-state index < -0.39 is 0 Å². The monoisotopic (exact) mass is 247 g/mol. The first-order chi connectivity index (χ1) is 6.31. The van der Waals surface area contributed by atoms with Crippen LogP contribution in [0.4, 0.5) is 0 Å². The Morgan fingerprint density at radius 1 is 1.38 bits per heavy atom. The SMILES string of the molecule is OC(CBr)CN1CCC2CCCC21. The second-order valence-corrected chi connectivity index (χ2v) is 5.00. The van der Waals surface area contributed by atoms with Gasteiger partial charge in [0.2, 0.25) is 0 Å². The molecule has 1 heterocycles. The van der Waals surface area contributed by atoms with Gasteiger partial charge in [0.15, 0.2) is 0 Å². The van der Waals surface area contributed by atoms with Gasteiger partial charge in [-0.2, -0.15) is 0 Å². The molecule has 1 saturated heterocycles. The van der Waals surface area contributed by atoms with Crippen LogP contribution < -0.4 is 0 Å². The Labute approximate surface area is 88.4 Å². The summed E-state index contributed by atoms with van der Waals surface area (Å²) < 4.78 is 0. The summed E-state index contributed by atoms with van der Waals surface area (Å²) >= 11 is 3.32. The van der Waals surface area contributed by atoms with Gasteiger partial charge in [-0.15, -0.1) is 0 Å². The van der Waals surface area contributed by atoms with Gasteiger partial charge in [0.1, 0.15) is 0 Å². The number of hydrogen-bond donors (Lipinski definition) is 1. The quantitative estimate of drug-likeness (QED) is 0.767. The maximum Gasteiger partial charge on any atom is 0.0763 e. The third-order valence-electron chi connectivity index (χ3n) is 3.50. The Kier molecular flexibility index (Phi) is 3.27. The molecule has 1 saturated carbocycles. The lowest BCUT2D eigenvalue weighted by Gasteiger charge is -2.25. The molecule has 13 heavy (non-hydrogen) atoms. The molecule has 2 aliphatic rings. The standard InChI is InChI=1S/C10H18BrNO/c11-6-9(13)7-12-5-4-8-2-1-3-10(8)12/h8-10,13H,1-7H2. The molecule has 0 amide bonds. The highest BCUT2D eigenvalue weighted by Gasteiger charge is 2.37. The van der Waals surface area contributed by atoms with Crippen molar-refractivity contribution in [3.63, 3.8) is 0 Å². The van der Waals surface area contributed by atoms with E-state index in [0.717, 1.165) is 18.5 Å². The number of likely N-dealkylation sites (tertiary alicyclic amines) is 1.